The molecule has 0 atom stereocenters. The lowest BCUT2D eigenvalue weighted by Crippen LogP contribution is -2.14. The van der Waals surface area contributed by atoms with E-state index in [1.807, 2.05) is 0 Å². The van der Waals surface area contributed by atoms with Crippen LogP contribution in [0.3, 0.4) is 0 Å². The van der Waals surface area contributed by atoms with E-state index in [9.17, 15) is 0 Å². The number of rotatable bonds is 1. The Labute approximate surface area is 114 Å². The standard InChI is InChI=1S/C11H14IN5/c1-11(2,3)9-8(12)10(13)17(16-9)7-4-5-14-6-15-7/h4-6H,13H2,1-3H3. The van der Waals surface area contributed by atoms with Gasteiger partial charge in [0.15, 0.2) is 5.82 Å². The molecule has 2 heterocycles. The maximum atomic E-state index is 6.06. The molecular weight excluding hydrogens is 329 g/mol. The minimum atomic E-state index is -0.0388. The highest BCUT2D eigenvalue weighted by Gasteiger charge is 2.24. The van der Waals surface area contributed by atoms with Crippen molar-refractivity contribution in [3.63, 3.8) is 0 Å². The summed E-state index contributed by atoms with van der Waals surface area (Å²) < 4.78 is 2.64. The summed E-state index contributed by atoms with van der Waals surface area (Å²) in [6.07, 6.45) is 3.16. The molecule has 0 saturated carbocycles. The summed E-state index contributed by atoms with van der Waals surface area (Å²) in [5.74, 6) is 1.31. The minimum absolute atomic E-state index is 0.0388. The van der Waals surface area contributed by atoms with Gasteiger partial charge in [0.05, 0.1) is 9.26 Å². The van der Waals surface area contributed by atoms with Crippen molar-refractivity contribution < 1.29 is 0 Å². The van der Waals surface area contributed by atoms with Gasteiger partial charge in [0.2, 0.25) is 0 Å². The number of aromatic nitrogens is 4. The van der Waals surface area contributed by atoms with Crippen molar-refractivity contribution in [2.75, 3.05) is 5.73 Å². The maximum absolute atomic E-state index is 6.06. The SMILES string of the molecule is CC(C)(C)c1nn(-c2ccncn2)c(N)c1I. The molecule has 5 nitrogen and oxygen atoms in total. The molecule has 6 heteroatoms. The van der Waals surface area contributed by atoms with Crippen LogP contribution in [-0.4, -0.2) is 19.7 Å². The molecule has 2 N–H and O–H groups in total. The molecule has 2 aromatic heterocycles. The van der Waals surface area contributed by atoms with Gasteiger partial charge >= 0.3 is 0 Å². The Balaban J connectivity index is 2.59. The average Bonchev–Trinajstić information content (AvgIpc) is 2.57. The molecule has 0 amide bonds. The number of halogens is 1. The van der Waals surface area contributed by atoms with Gasteiger partial charge in [-0.25, -0.2) is 9.97 Å². The third-order valence-corrected chi connectivity index (χ3v) is 3.42. The normalized spacial score (nSPS) is 11.8. The van der Waals surface area contributed by atoms with Crippen LogP contribution in [0.1, 0.15) is 26.5 Å². The average molecular weight is 343 g/mol. The summed E-state index contributed by atoms with van der Waals surface area (Å²) in [6, 6.07) is 1.78. The van der Waals surface area contributed by atoms with Gasteiger partial charge in [0.1, 0.15) is 12.1 Å². The first kappa shape index (κ1) is 12.3. The largest absolute Gasteiger partial charge is 0.383 e. The summed E-state index contributed by atoms with van der Waals surface area (Å²) in [5.41, 5.74) is 7.01. The van der Waals surface area contributed by atoms with Crippen LogP contribution in [0.5, 0.6) is 0 Å². The number of nitrogens with two attached hydrogens (primary N) is 1. The molecule has 17 heavy (non-hydrogen) atoms. The molecule has 0 bridgehead atoms. The van der Waals surface area contributed by atoms with E-state index in [4.69, 9.17) is 5.73 Å². The maximum Gasteiger partial charge on any atom is 0.159 e. The Kier molecular flexibility index (Phi) is 3.07. The highest BCUT2D eigenvalue weighted by Crippen LogP contribution is 2.30. The van der Waals surface area contributed by atoms with Crippen molar-refractivity contribution in [3.05, 3.63) is 27.9 Å². The number of anilines is 1. The second-order valence-electron chi connectivity index (χ2n) is 4.78. The van der Waals surface area contributed by atoms with Crippen molar-refractivity contribution in [2.24, 2.45) is 0 Å². The lowest BCUT2D eigenvalue weighted by molar-refractivity contribution is 0.557. The van der Waals surface area contributed by atoms with Crippen molar-refractivity contribution in [2.45, 2.75) is 26.2 Å². The summed E-state index contributed by atoms with van der Waals surface area (Å²) in [6.45, 7) is 6.34. The van der Waals surface area contributed by atoms with Gasteiger partial charge in [-0.1, -0.05) is 20.8 Å². The Bertz CT molecular complexity index is 527. The van der Waals surface area contributed by atoms with Crippen LogP contribution < -0.4 is 5.73 Å². The predicted octanol–water partition coefficient (Wildman–Crippen LogP) is 2.15. The minimum Gasteiger partial charge on any atom is -0.383 e. The van der Waals surface area contributed by atoms with Crippen molar-refractivity contribution in [1.82, 2.24) is 19.7 Å². The van der Waals surface area contributed by atoms with Crippen LogP contribution in [0.4, 0.5) is 5.82 Å². The van der Waals surface area contributed by atoms with Gasteiger partial charge in [-0.3, -0.25) is 0 Å². The van der Waals surface area contributed by atoms with E-state index in [0.717, 1.165) is 9.26 Å². The van der Waals surface area contributed by atoms with E-state index >= 15 is 0 Å². The predicted molar refractivity (Wildman–Crippen MR) is 75.0 cm³/mol. The zero-order valence-electron chi connectivity index (χ0n) is 9.98. The summed E-state index contributed by atoms with van der Waals surface area (Å²) >= 11 is 2.23. The van der Waals surface area contributed by atoms with Gasteiger partial charge in [-0.05, 0) is 22.6 Å². The number of nitrogens with zero attached hydrogens (tertiary/aromatic N) is 4. The smallest absolute Gasteiger partial charge is 0.159 e. The first-order valence-corrected chi connectivity index (χ1v) is 6.30. The van der Waals surface area contributed by atoms with Crippen molar-refractivity contribution in [3.8, 4) is 5.82 Å². The van der Waals surface area contributed by atoms with Gasteiger partial charge in [0.25, 0.3) is 0 Å². The second-order valence-corrected chi connectivity index (χ2v) is 5.86. The van der Waals surface area contributed by atoms with Crippen LogP contribution in [0, 0.1) is 3.57 Å². The molecule has 2 rings (SSSR count). The fourth-order valence-electron chi connectivity index (χ4n) is 1.47. The third-order valence-electron chi connectivity index (χ3n) is 2.35. The highest BCUT2D eigenvalue weighted by atomic mass is 127. The lowest BCUT2D eigenvalue weighted by Gasteiger charge is -2.15. The van der Waals surface area contributed by atoms with E-state index in [1.165, 1.54) is 6.33 Å². The first-order chi connectivity index (χ1) is 7.91. The molecule has 90 valence electrons. The number of hydrogen-bond acceptors (Lipinski definition) is 4. The van der Waals surface area contributed by atoms with Gasteiger partial charge in [-0.15, -0.1) is 0 Å². The summed E-state index contributed by atoms with van der Waals surface area (Å²) in [7, 11) is 0. The number of hydrogen-bond donors (Lipinski definition) is 1. The molecule has 0 fully saturated rings. The van der Waals surface area contributed by atoms with Crippen LogP contribution in [0.25, 0.3) is 5.82 Å². The van der Waals surface area contributed by atoms with E-state index in [0.29, 0.717) is 11.6 Å². The molecule has 0 radical (unpaired) electrons. The molecule has 0 aliphatic carbocycles. The van der Waals surface area contributed by atoms with E-state index in [1.54, 1.807) is 16.9 Å². The zero-order valence-corrected chi connectivity index (χ0v) is 12.1. The first-order valence-electron chi connectivity index (χ1n) is 5.22. The zero-order chi connectivity index (χ0) is 12.6. The molecule has 2 aromatic rings. The van der Waals surface area contributed by atoms with Crippen LogP contribution in [-0.2, 0) is 5.41 Å². The highest BCUT2D eigenvalue weighted by molar-refractivity contribution is 14.1. The topological polar surface area (TPSA) is 69.6 Å². The lowest BCUT2D eigenvalue weighted by atomic mass is 9.92. The van der Waals surface area contributed by atoms with Gasteiger partial charge in [0, 0.05) is 17.7 Å². The second kappa shape index (κ2) is 4.25. The van der Waals surface area contributed by atoms with Crippen LogP contribution in [0.15, 0.2) is 18.6 Å². The molecule has 0 spiro atoms. The Morgan fingerprint density at radius 3 is 2.53 bits per heavy atom. The molecular formula is C11H14IN5. The Hall–Kier alpha value is -1.18. The monoisotopic (exact) mass is 343 g/mol. The molecule has 0 aromatic carbocycles. The molecule has 0 unspecified atom stereocenters. The Morgan fingerprint density at radius 2 is 2.06 bits per heavy atom. The molecule has 0 aliphatic rings. The van der Waals surface area contributed by atoms with E-state index in [-0.39, 0.29) is 5.41 Å². The quantitative estimate of drug-likeness (QED) is 0.806. The van der Waals surface area contributed by atoms with Crippen LogP contribution in [0.2, 0.25) is 0 Å². The van der Waals surface area contributed by atoms with Crippen molar-refractivity contribution >= 4 is 28.4 Å². The Morgan fingerprint density at radius 1 is 1.35 bits per heavy atom. The number of nitrogen functional groups attached to an aromatic ring is 1. The fourth-order valence-corrected chi connectivity index (χ4v) is 2.62. The van der Waals surface area contributed by atoms with Crippen molar-refractivity contribution in [1.29, 1.82) is 0 Å². The molecule has 0 aliphatic heterocycles. The van der Waals surface area contributed by atoms with E-state index in [2.05, 4.69) is 58.4 Å². The fraction of sp³-hybridized carbons (Fsp3) is 0.364. The summed E-state index contributed by atoms with van der Waals surface area (Å²) in [5, 5.41) is 4.54. The van der Waals surface area contributed by atoms with Crippen LogP contribution >= 0.6 is 22.6 Å². The van der Waals surface area contributed by atoms with Gasteiger partial charge in [-0.2, -0.15) is 9.78 Å². The molecule has 0 saturated heterocycles. The van der Waals surface area contributed by atoms with E-state index < -0.39 is 0 Å². The third kappa shape index (κ3) is 2.26. The van der Waals surface area contributed by atoms with Gasteiger partial charge < -0.3 is 5.73 Å². The summed E-state index contributed by atoms with van der Waals surface area (Å²) in [4.78, 5) is 8.04.